The summed E-state index contributed by atoms with van der Waals surface area (Å²) in [7, 11) is 0. The smallest absolute Gasteiger partial charge is 0.231 e. The van der Waals surface area contributed by atoms with Crippen LogP contribution in [0, 0.1) is 5.82 Å². The molecule has 6 rings (SSSR count). The first-order valence-electron chi connectivity index (χ1n) is 10.5. The Morgan fingerprint density at radius 3 is 2.56 bits per heavy atom. The molecule has 0 amide bonds. The maximum atomic E-state index is 13.7. The van der Waals surface area contributed by atoms with Gasteiger partial charge in [-0.1, -0.05) is 23.7 Å². The number of aromatic nitrogens is 3. The standard InChI is InChI=1S/C26H16ClFN4O2/c27-20-12-18(5-6-21(20)28)30-26-19-10-15(16-4-8-23-24(11-16)34-14-33-23)3-7-22(19)31-25(32-26)17-2-1-9-29-13-17/h1-13H,14H2,(H,30,31,32). The van der Waals surface area contributed by atoms with E-state index < -0.39 is 5.82 Å². The molecule has 3 heterocycles. The van der Waals surface area contributed by atoms with Gasteiger partial charge in [-0.2, -0.15) is 0 Å². The van der Waals surface area contributed by atoms with E-state index in [4.69, 9.17) is 31.0 Å². The first kappa shape index (κ1) is 20.4. The van der Waals surface area contributed by atoms with E-state index in [0.717, 1.165) is 33.3 Å². The van der Waals surface area contributed by atoms with E-state index in [1.165, 1.54) is 12.1 Å². The number of ether oxygens (including phenoxy) is 2. The molecule has 5 aromatic rings. The lowest BCUT2D eigenvalue weighted by molar-refractivity contribution is 0.174. The fraction of sp³-hybridized carbons (Fsp3) is 0.0385. The van der Waals surface area contributed by atoms with Gasteiger partial charge >= 0.3 is 0 Å². The predicted octanol–water partition coefficient (Wildman–Crippen LogP) is 6.62. The molecule has 0 radical (unpaired) electrons. The van der Waals surface area contributed by atoms with Crippen LogP contribution in [0.15, 0.2) is 79.1 Å². The molecule has 0 spiro atoms. The Bertz CT molecular complexity index is 1550. The molecule has 0 saturated carbocycles. The lowest BCUT2D eigenvalue weighted by Crippen LogP contribution is -2.00. The van der Waals surface area contributed by atoms with Crippen LogP contribution in [0.2, 0.25) is 5.02 Å². The Morgan fingerprint density at radius 2 is 1.71 bits per heavy atom. The molecule has 6 nitrogen and oxygen atoms in total. The summed E-state index contributed by atoms with van der Waals surface area (Å²) in [6.07, 6.45) is 3.41. The van der Waals surface area contributed by atoms with Crippen molar-refractivity contribution in [3.63, 3.8) is 0 Å². The van der Waals surface area contributed by atoms with E-state index in [2.05, 4.69) is 10.3 Å². The summed E-state index contributed by atoms with van der Waals surface area (Å²) >= 11 is 6.00. The topological polar surface area (TPSA) is 69.2 Å². The first-order valence-corrected chi connectivity index (χ1v) is 10.9. The minimum Gasteiger partial charge on any atom is -0.454 e. The monoisotopic (exact) mass is 470 g/mol. The third-order valence-electron chi connectivity index (χ3n) is 5.50. The van der Waals surface area contributed by atoms with Crippen molar-refractivity contribution in [2.75, 3.05) is 12.1 Å². The Labute approximate surface area is 199 Å². The second kappa shape index (κ2) is 8.28. The molecule has 1 N–H and O–H groups in total. The largest absolute Gasteiger partial charge is 0.454 e. The van der Waals surface area contributed by atoms with Crippen LogP contribution in [-0.4, -0.2) is 21.7 Å². The van der Waals surface area contributed by atoms with Crippen LogP contribution in [0.4, 0.5) is 15.9 Å². The molecule has 0 fully saturated rings. The van der Waals surface area contributed by atoms with Crippen molar-refractivity contribution in [1.29, 1.82) is 0 Å². The molecule has 0 bridgehead atoms. The van der Waals surface area contributed by atoms with Crippen molar-refractivity contribution in [1.82, 2.24) is 15.0 Å². The van der Waals surface area contributed by atoms with Gasteiger partial charge in [0.1, 0.15) is 11.6 Å². The first-order chi connectivity index (χ1) is 16.6. The van der Waals surface area contributed by atoms with Crippen LogP contribution in [0.25, 0.3) is 33.4 Å². The quantitative estimate of drug-likeness (QED) is 0.318. The van der Waals surface area contributed by atoms with Gasteiger partial charge in [-0.05, 0) is 65.7 Å². The summed E-state index contributed by atoms with van der Waals surface area (Å²) in [4.78, 5) is 13.7. The molecule has 1 aliphatic rings. The second-order valence-corrected chi connectivity index (χ2v) is 8.10. The zero-order valence-corrected chi connectivity index (χ0v) is 18.4. The van der Waals surface area contributed by atoms with Crippen molar-refractivity contribution < 1.29 is 13.9 Å². The van der Waals surface area contributed by atoms with Gasteiger partial charge in [-0.3, -0.25) is 4.98 Å². The number of anilines is 2. The molecule has 0 atom stereocenters. The Morgan fingerprint density at radius 1 is 0.853 bits per heavy atom. The van der Waals surface area contributed by atoms with Crippen molar-refractivity contribution >= 4 is 34.0 Å². The molecular weight excluding hydrogens is 455 g/mol. The highest BCUT2D eigenvalue weighted by atomic mass is 35.5. The van der Waals surface area contributed by atoms with Crippen LogP contribution in [0.1, 0.15) is 0 Å². The van der Waals surface area contributed by atoms with Crippen LogP contribution in [-0.2, 0) is 0 Å². The number of nitrogens with one attached hydrogen (secondary N) is 1. The van der Waals surface area contributed by atoms with Gasteiger partial charge in [0.15, 0.2) is 17.3 Å². The molecule has 3 aromatic carbocycles. The molecule has 0 aliphatic carbocycles. The summed E-state index contributed by atoms with van der Waals surface area (Å²) in [5.41, 5.74) is 4.07. The highest BCUT2D eigenvalue weighted by molar-refractivity contribution is 6.31. The highest BCUT2D eigenvalue weighted by Gasteiger charge is 2.16. The predicted molar refractivity (Wildman–Crippen MR) is 129 cm³/mol. The molecule has 2 aromatic heterocycles. The number of benzene rings is 3. The number of nitrogens with zero attached hydrogens (tertiary/aromatic N) is 3. The lowest BCUT2D eigenvalue weighted by Gasteiger charge is -2.13. The number of halogens is 2. The molecule has 34 heavy (non-hydrogen) atoms. The zero-order valence-electron chi connectivity index (χ0n) is 17.6. The van der Waals surface area contributed by atoms with Crippen LogP contribution >= 0.6 is 11.6 Å². The van der Waals surface area contributed by atoms with Gasteiger partial charge < -0.3 is 14.8 Å². The summed E-state index contributed by atoms with van der Waals surface area (Å²) in [5, 5.41) is 4.10. The summed E-state index contributed by atoms with van der Waals surface area (Å²) in [6.45, 7) is 0.218. The third kappa shape index (κ3) is 3.76. The summed E-state index contributed by atoms with van der Waals surface area (Å²) in [5.74, 6) is 2.03. The van der Waals surface area contributed by atoms with Gasteiger partial charge in [-0.25, -0.2) is 14.4 Å². The number of hydrogen-bond acceptors (Lipinski definition) is 6. The molecular formula is C26H16ClFN4O2. The van der Waals surface area contributed by atoms with E-state index in [1.54, 1.807) is 18.5 Å². The van der Waals surface area contributed by atoms with E-state index in [-0.39, 0.29) is 11.8 Å². The third-order valence-corrected chi connectivity index (χ3v) is 5.79. The molecule has 166 valence electrons. The van der Waals surface area contributed by atoms with E-state index in [0.29, 0.717) is 23.1 Å². The Balaban J connectivity index is 1.50. The van der Waals surface area contributed by atoms with Gasteiger partial charge in [0.2, 0.25) is 6.79 Å². The second-order valence-electron chi connectivity index (χ2n) is 7.69. The van der Waals surface area contributed by atoms with Crippen LogP contribution < -0.4 is 14.8 Å². The lowest BCUT2D eigenvalue weighted by atomic mass is 10.0. The Kier molecular flexibility index (Phi) is 4.96. The fourth-order valence-electron chi connectivity index (χ4n) is 3.81. The number of rotatable bonds is 4. The van der Waals surface area contributed by atoms with Crippen molar-refractivity contribution in [3.8, 4) is 34.0 Å². The average molecular weight is 471 g/mol. The Hall–Kier alpha value is -4.23. The normalized spacial score (nSPS) is 12.2. The van der Waals surface area contributed by atoms with Crippen LogP contribution in [0.3, 0.4) is 0 Å². The summed E-state index contributed by atoms with van der Waals surface area (Å²) < 4.78 is 24.7. The van der Waals surface area contributed by atoms with Crippen molar-refractivity contribution in [2.45, 2.75) is 0 Å². The van der Waals surface area contributed by atoms with Gasteiger partial charge in [0, 0.05) is 29.0 Å². The average Bonchev–Trinajstić information content (AvgIpc) is 3.34. The minimum absolute atomic E-state index is 0.0249. The van der Waals surface area contributed by atoms with E-state index in [9.17, 15) is 4.39 Å². The van der Waals surface area contributed by atoms with Crippen molar-refractivity contribution in [2.24, 2.45) is 0 Å². The molecule has 1 aliphatic heterocycles. The van der Waals surface area contributed by atoms with E-state index >= 15 is 0 Å². The molecule has 8 heteroatoms. The summed E-state index contributed by atoms with van der Waals surface area (Å²) in [6, 6.07) is 19.9. The van der Waals surface area contributed by atoms with E-state index in [1.807, 2.05) is 48.5 Å². The minimum atomic E-state index is -0.485. The van der Waals surface area contributed by atoms with Gasteiger partial charge in [-0.15, -0.1) is 0 Å². The van der Waals surface area contributed by atoms with Crippen LogP contribution in [0.5, 0.6) is 11.5 Å². The number of fused-ring (bicyclic) bond motifs is 2. The molecule has 0 unspecified atom stereocenters. The SMILES string of the molecule is Fc1ccc(Nc2nc(-c3cccnc3)nc3ccc(-c4ccc5c(c4)OCO5)cc23)cc1Cl. The zero-order chi connectivity index (χ0) is 23.1. The molecule has 0 saturated heterocycles. The van der Waals surface area contributed by atoms with Gasteiger partial charge in [0.25, 0.3) is 0 Å². The maximum Gasteiger partial charge on any atom is 0.231 e. The maximum absolute atomic E-state index is 13.7. The number of pyridine rings is 1. The number of hydrogen-bond donors (Lipinski definition) is 1. The highest BCUT2D eigenvalue weighted by Crippen LogP contribution is 2.37. The fourth-order valence-corrected chi connectivity index (χ4v) is 3.99. The van der Waals surface area contributed by atoms with Gasteiger partial charge in [0.05, 0.1) is 10.5 Å². The van der Waals surface area contributed by atoms with Crippen molar-refractivity contribution in [3.05, 3.63) is 90.0 Å².